The van der Waals surface area contributed by atoms with Crippen LogP contribution in [0.25, 0.3) is 0 Å². The third kappa shape index (κ3) is 2.26. The van der Waals surface area contributed by atoms with Crippen molar-refractivity contribution in [3.63, 3.8) is 0 Å². The summed E-state index contributed by atoms with van der Waals surface area (Å²) in [5.74, 6) is 0.707. The average Bonchev–Trinajstić information content (AvgIpc) is 2.06. The molecule has 1 fully saturated rings. The van der Waals surface area contributed by atoms with Crippen molar-refractivity contribution >= 4 is 6.03 Å². The van der Waals surface area contributed by atoms with Gasteiger partial charge in [0.05, 0.1) is 0 Å². The van der Waals surface area contributed by atoms with E-state index < -0.39 is 0 Å². The first kappa shape index (κ1) is 9.10. The second-order valence-corrected chi connectivity index (χ2v) is 3.29. The molecule has 1 saturated heterocycles. The van der Waals surface area contributed by atoms with Crippen LogP contribution in [0.5, 0.6) is 0 Å². The first-order valence-electron chi connectivity index (χ1n) is 4.39. The second kappa shape index (κ2) is 4.14. The number of likely N-dealkylation sites (tertiary alicyclic amines) is 1. The van der Waals surface area contributed by atoms with E-state index in [2.05, 4.69) is 6.58 Å². The van der Waals surface area contributed by atoms with E-state index in [4.69, 9.17) is 5.73 Å². The lowest BCUT2D eigenvalue weighted by Gasteiger charge is -2.30. The predicted octanol–water partition coefficient (Wildman–Crippen LogP) is 1.35. The van der Waals surface area contributed by atoms with E-state index in [0.717, 1.165) is 32.4 Å². The van der Waals surface area contributed by atoms with Crippen LogP contribution in [0.15, 0.2) is 12.7 Å². The fourth-order valence-corrected chi connectivity index (χ4v) is 1.62. The summed E-state index contributed by atoms with van der Waals surface area (Å²) in [6.45, 7) is 5.33. The molecule has 0 atom stereocenters. The predicted molar refractivity (Wildman–Crippen MR) is 48.7 cm³/mol. The van der Waals surface area contributed by atoms with Crippen molar-refractivity contribution in [1.82, 2.24) is 4.90 Å². The maximum atomic E-state index is 10.7. The molecule has 3 heteroatoms. The van der Waals surface area contributed by atoms with Crippen LogP contribution in [0.4, 0.5) is 4.79 Å². The topological polar surface area (TPSA) is 46.3 Å². The molecule has 0 bridgehead atoms. The molecular weight excluding hydrogens is 152 g/mol. The first-order valence-corrected chi connectivity index (χ1v) is 4.39. The van der Waals surface area contributed by atoms with Gasteiger partial charge >= 0.3 is 6.03 Å². The van der Waals surface area contributed by atoms with Gasteiger partial charge in [0.2, 0.25) is 0 Å². The van der Waals surface area contributed by atoms with Crippen LogP contribution < -0.4 is 5.73 Å². The number of amides is 2. The Morgan fingerprint density at radius 2 is 2.17 bits per heavy atom. The van der Waals surface area contributed by atoms with Gasteiger partial charge in [0.15, 0.2) is 0 Å². The SMILES string of the molecule is C=CCC1CCN(C(N)=O)CC1. The molecular formula is C9H16N2O. The van der Waals surface area contributed by atoms with Gasteiger partial charge in [-0.05, 0) is 25.2 Å². The minimum Gasteiger partial charge on any atom is -0.351 e. The Morgan fingerprint density at radius 1 is 1.58 bits per heavy atom. The Morgan fingerprint density at radius 3 is 2.58 bits per heavy atom. The minimum absolute atomic E-state index is 0.285. The van der Waals surface area contributed by atoms with Gasteiger partial charge in [-0.3, -0.25) is 0 Å². The highest BCUT2D eigenvalue weighted by Crippen LogP contribution is 2.20. The molecule has 68 valence electrons. The number of rotatable bonds is 2. The van der Waals surface area contributed by atoms with Gasteiger partial charge in [-0.15, -0.1) is 6.58 Å². The van der Waals surface area contributed by atoms with E-state index in [1.54, 1.807) is 4.90 Å². The maximum absolute atomic E-state index is 10.7. The quantitative estimate of drug-likeness (QED) is 0.622. The number of urea groups is 1. The van der Waals surface area contributed by atoms with Crippen LogP contribution in [0.2, 0.25) is 0 Å². The molecule has 0 aromatic rings. The molecule has 0 spiro atoms. The van der Waals surface area contributed by atoms with Gasteiger partial charge in [-0.2, -0.15) is 0 Å². The van der Waals surface area contributed by atoms with Crippen LogP contribution in [0, 0.1) is 5.92 Å². The fourth-order valence-electron chi connectivity index (χ4n) is 1.62. The van der Waals surface area contributed by atoms with E-state index in [-0.39, 0.29) is 6.03 Å². The van der Waals surface area contributed by atoms with Gasteiger partial charge in [0.25, 0.3) is 0 Å². The molecule has 1 aliphatic rings. The number of hydrogen-bond acceptors (Lipinski definition) is 1. The van der Waals surface area contributed by atoms with E-state index in [0.29, 0.717) is 5.92 Å². The Bertz CT molecular complexity index is 171. The number of primary amides is 1. The summed E-state index contributed by atoms with van der Waals surface area (Å²) >= 11 is 0. The Kier molecular flexibility index (Phi) is 3.14. The van der Waals surface area contributed by atoms with Crippen molar-refractivity contribution < 1.29 is 4.79 Å². The molecule has 3 nitrogen and oxygen atoms in total. The van der Waals surface area contributed by atoms with E-state index >= 15 is 0 Å². The van der Waals surface area contributed by atoms with E-state index in [9.17, 15) is 4.79 Å². The summed E-state index contributed by atoms with van der Waals surface area (Å²) in [7, 11) is 0. The monoisotopic (exact) mass is 168 g/mol. The molecule has 0 unspecified atom stereocenters. The first-order chi connectivity index (χ1) is 5.74. The molecule has 0 saturated carbocycles. The van der Waals surface area contributed by atoms with Gasteiger partial charge < -0.3 is 10.6 Å². The van der Waals surface area contributed by atoms with Crippen LogP contribution >= 0.6 is 0 Å². The second-order valence-electron chi connectivity index (χ2n) is 3.29. The third-order valence-electron chi connectivity index (χ3n) is 2.43. The van der Waals surface area contributed by atoms with Crippen LogP contribution in [-0.2, 0) is 0 Å². The molecule has 1 heterocycles. The summed E-state index contributed by atoms with van der Waals surface area (Å²) in [4.78, 5) is 12.5. The van der Waals surface area contributed by atoms with Crippen molar-refractivity contribution in [1.29, 1.82) is 0 Å². The zero-order valence-electron chi connectivity index (χ0n) is 7.33. The Hall–Kier alpha value is -0.990. The molecule has 0 radical (unpaired) electrons. The van der Waals surface area contributed by atoms with Crippen molar-refractivity contribution in [2.45, 2.75) is 19.3 Å². The summed E-state index contributed by atoms with van der Waals surface area (Å²) in [6.07, 6.45) is 5.14. The molecule has 0 aliphatic carbocycles. The number of hydrogen-bond donors (Lipinski definition) is 1. The summed E-state index contributed by atoms with van der Waals surface area (Å²) in [5.41, 5.74) is 5.15. The number of carbonyl (C=O) groups excluding carboxylic acids is 1. The minimum atomic E-state index is -0.285. The molecule has 2 amide bonds. The fraction of sp³-hybridized carbons (Fsp3) is 0.667. The van der Waals surface area contributed by atoms with Crippen LogP contribution in [0.3, 0.4) is 0 Å². The zero-order chi connectivity index (χ0) is 8.97. The van der Waals surface area contributed by atoms with Gasteiger partial charge in [0.1, 0.15) is 0 Å². The number of allylic oxidation sites excluding steroid dienone is 1. The lowest BCUT2D eigenvalue weighted by atomic mass is 9.94. The third-order valence-corrected chi connectivity index (χ3v) is 2.43. The zero-order valence-corrected chi connectivity index (χ0v) is 7.33. The van der Waals surface area contributed by atoms with Crippen molar-refractivity contribution in [2.75, 3.05) is 13.1 Å². The van der Waals surface area contributed by atoms with Crippen molar-refractivity contribution in [3.8, 4) is 0 Å². The largest absolute Gasteiger partial charge is 0.351 e. The highest BCUT2D eigenvalue weighted by molar-refractivity contribution is 5.72. The number of nitrogens with two attached hydrogens (primary N) is 1. The van der Waals surface area contributed by atoms with Crippen LogP contribution in [0.1, 0.15) is 19.3 Å². The summed E-state index contributed by atoms with van der Waals surface area (Å²) < 4.78 is 0. The summed E-state index contributed by atoms with van der Waals surface area (Å²) in [5, 5.41) is 0. The number of nitrogens with zero attached hydrogens (tertiary/aromatic N) is 1. The maximum Gasteiger partial charge on any atom is 0.314 e. The number of carbonyl (C=O) groups is 1. The van der Waals surface area contributed by atoms with Gasteiger partial charge in [0, 0.05) is 13.1 Å². The molecule has 2 N–H and O–H groups in total. The lowest BCUT2D eigenvalue weighted by Crippen LogP contribution is -2.41. The lowest BCUT2D eigenvalue weighted by molar-refractivity contribution is 0.179. The standard InChI is InChI=1S/C9H16N2O/c1-2-3-8-4-6-11(7-5-8)9(10)12/h2,8H,1,3-7H2,(H2,10,12). The highest BCUT2D eigenvalue weighted by atomic mass is 16.2. The molecule has 1 aliphatic heterocycles. The Balaban J connectivity index is 2.29. The average molecular weight is 168 g/mol. The molecule has 1 rings (SSSR count). The smallest absolute Gasteiger partial charge is 0.314 e. The van der Waals surface area contributed by atoms with Crippen molar-refractivity contribution in [2.24, 2.45) is 11.7 Å². The summed E-state index contributed by atoms with van der Waals surface area (Å²) in [6, 6.07) is -0.285. The molecule has 0 aromatic heterocycles. The normalized spacial score (nSPS) is 19.2. The van der Waals surface area contributed by atoms with Gasteiger partial charge in [-0.25, -0.2) is 4.79 Å². The van der Waals surface area contributed by atoms with E-state index in [1.165, 1.54) is 0 Å². The Labute approximate surface area is 73.2 Å². The molecule has 12 heavy (non-hydrogen) atoms. The van der Waals surface area contributed by atoms with E-state index in [1.807, 2.05) is 6.08 Å². The molecule has 0 aromatic carbocycles. The van der Waals surface area contributed by atoms with Gasteiger partial charge in [-0.1, -0.05) is 6.08 Å². The highest BCUT2D eigenvalue weighted by Gasteiger charge is 2.19. The van der Waals surface area contributed by atoms with Crippen molar-refractivity contribution in [3.05, 3.63) is 12.7 Å². The number of piperidine rings is 1. The van der Waals surface area contributed by atoms with Crippen LogP contribution in [-0.4, -0.2) is 24.0 Å².